The predicted octanol–water partition coefficient (Wildman–Crippen LogP) is 3.02. The smallest absolute Gasteiger partial charge is 0.257 e. The minimum absolute atomic E-state index is 0.0464. The van der Waals surface area contributed by atoms with Crippen LogP contribution in [0.3, 0.4) is 0 Å². The summed E-state index contributed by atoms with van der Waals surface area (Å²) in [5, 5.41) is 4.45. The monoisotopic (exact) mass is 372 g/mol. The Morgan fingerprint density at radius 3 is 2.63 bits per heavy atom. The van der Waals surface area contributed by atoms with Crippen molar-refractivity contribution in [2.75, 3.05) is 26.2 Å². The molecule has 0 N–H and O–H groups in total. The molecule has 1 spiro atoms. The number of carbonyl (C=O) groups excluding carboxylic acids is 2. The Morgan fingerprint density at radius 1 is 1.30 bits per heavy atom. The lowest BCUT2D eigenvalue weighted by Crippen LogP contribution is -2.44. The number of hydrogen-bond acceptors (Lipinski definition) is 3. The lowest BCUT2D eigenvalue weighted by Gasteiger charge is -2.38. The van der Waals surface area contributed by atoms with Crippen LogP contribution in [0.5, 0.6) is 0 Å². The number of aromatic nitrogens is 2. The Morgan fingerprint density at radius 2 is 2.00 bits per heavy atom. The first kappa shape index (κ1) is 19.6. The molecule has 2 saturated heterocycles. The van der Waals surface area contributed by atoms with E-state index < -0.39 is 0 Å². The number of hydrogen-bond donors (Lipinski definition) is 0. The SMILES string of the molecule is CCCn1cc(C(=O)N2CCC3(CC2)CC(=O)N(CC=C(C)C)C3)c(C)n1. The second kappa shape index (κ2) is 7.87. The van der Waals surface area contributed by atoms with Crippen molar-refractivity contribution in [2.24, 2.45) is 5.41 Å². The molecule has 0 aromatic carbocycles. The van der Waals surface area contributed by atoms with Crippen LogP contribution in [0.25, 0.3) is 0 Å². The number of amides is 2. The maximum Gasteiger partial charge on any atom is 0.257 e. The normalized spacial score (nSPS) is 19.0. The summed E-state index contributed by atoms with van der Waals surface area (Å²) in [4.78, 5) is 29.3. The summed E-state index contributed by atoms with van der Waals surface area (Å²) >= 11 is 0. The van der Waals surface area contributed by atoms with E-state index >= 15 is 0 Å². The van der Waals surface area contributed by atoms with Crippen molar-refractivity contribution in [3.05, 3.63) is 29.1 Å². The van der Waals surface area contributed by atoms with Crippen molar-refractivity contribution in [2.45, 2.75) is 59.9 Å². The number of rotatable bonds is 5. The fourth-order valence-corrected chi connectivity index (χ4v) is 4.20. The van der Waals surface area contributed by atoms with E-state index in [-0.39, 0.29) is 17.2 Å². The first-order chi connectivity index (χ1) is 12.8. The van der Waals surface area contributed by atoms with E-state index in [0.717, 1.165) is 51.1 Å². The summed E-state index contributed by atoms with van der Waals surface area (Å²) < 4.78 is 1.87. The van der Waals surface area contributed by atoms with Crippen LogP contribution >= 0.6 is 0 Å². The predicted molar refractivity (Wildman–Crippen MR) is 105 cm³/mol. The number of allylic oxidation sites excluding steroid dienone is 1. The third-order valence-corrected chi connectivity index (χ3v) is 5.87. The van der Waals surface area contributed by atoms with Crippen molar-refractivity contribution in [1.29, 1.82) is 0 Å². The Labute approximate surface area is 162 Å². The van der Waals surface area contributed by atoms with Crippen LogP contribution in [0.4, 0.5) is 0 Å². The van der Waals surface area contributed by atoms with Crippen molar-refractivity contribution in [3.8, 4) is 0 Å². The minimum Gasteiger partial charge on any atom is -0.338 e. The summed E-state index contributed by atoms with van der Waals surface area (Å²) in [6.45, 7) is 11.9. The fourth-order valence-electron chi connectivity index (χ4n) is 4.20. The summed E-state index contributed by atoms with van der Waals surface area (Å²) in [5.74, 6) is 0.333. The van der Waals surface area contributed by atoms with E-state index in [4.69, 9.17) is 0 Å². The first-order valence-electron chi connectivity index (χ1n) is 10.1. The van der Waals surface area contributed by atoms with Crippen molar-refractivity contribution in [3.63, 3.8) is 0 Å². The van der Waals surface area contributed by atoms with Gasteiger partial charge in [0, 0.05) is 50.8 Å². The molecule has 0 unspecified atom stereocenters. The number of carbonyl (C=O) groups is 2. The van der Waals surface area contributed by atoms with E-state index in [2.05, 4.69) is 31.9 Å². The van der Waals surface area contributed by atoms with Crippen LogP contribution in [0.2, 0.25) is 0 Å². The van der Waals surface area contributed by atoms with Gasteiger partial charge in [-0.2, -0.15) is 5.10 Å². The van der Waals surface area contributed by atoms with Crippen molar-refractivity contribution < 1.29 is 9.59 Å². The van der Waals surface area contributed by atoms with Gasteiger partial charge < -0.3 is 9.80 Å². The highest BCUT2D eigenvalue weighted by Crippen LogP contribution is 2.41. The third-order valence-electron chi connectivity index (χ3n) is 5.87. The molecule has 1 aromatic rings. The molecule has 6 nitrogen and oxygen atoms in total. The summed E-state index contributed by atoms with van der Waals surface area (Å²) in [6.07, 6.45) is 7.42. The third kappa shape index (κ3) is 4.25. The van der Waals surface area contributed by atoms with Gasteiger partial charge in [0.2, 0.25) is 5.91 Å². The summed E-state index contributed by atoms with van der Waals surface area (Å²) in [5.41, 5.74) is 2.80. The van der Waals surface area contributed by atoms with E-state index in [1.807, 2.05) is 27.6 Å². The Balaban J connectivity index is 1.61. The highest BCUT2D eigenvalue weighted by molar-refractivity contribution is 5.95. The van der Waals surface area contributed by atoms with Crippen LogP contribution in [-0.4, -0.2) is 57.6 Å². The van der Waals surface area contributed by atoms with Gasteiger partial charge in [-0.3, -0.25) is 14.3 Å². The lowest BCUT2D eigenvalue weighted by atomic mass is 9.77. The fraction of sp³-hybridized carbons (Fsp3) is 0.667. The Bertz CT molecular complexity index is 737. The quantitative estimate of drug-likeness (QED) is 0.747. The molecule has 0 saturated carbocycles. The minimum atomic E-state index is 0.0464. The van der Waals surface area contributed by atoms with Gasteiger partial charge in [-0.15, -0.1) is 0 Å². The molecule has 27 heavy (non-hydrogen) atoms. The maximum absolute atomic E-state index is 12.9. The average Bonchev–Trinajstić information content (AvgIpc) is 3.13. The molecule has 6 heteroatoms. The van der Waals surface area contributed by atoms with Crippen LogP contribution < -0.4 is 0 Å². The maximum atomic E-state index is 12.9. The van der Waals surface area contributed by atoms with Crippen molar-refractivity contribution >= 4 is 11.8 Å². The van der Waals surface area contributed by atoms with Crippen LogP contribution in [0.1, 0.15) is 62.5 Å². The summed E-state index contributed by atoms with van der Waals surface area (Å²) in [7, 11) is 0. The van der Waals surface area contributed by atoms with Gasteiger partial charge in [-0.05, 0) is 40.0 Å². The van der Waals surface area contributed by atoms with E-state index in [9.17, 15) is 9.59 Å². The molecular formula is C21H32N4O2. The lowest BCUT2D eigenvalue weighted by molar-refractivity contribution is -0.127. The van der Waals surface area contributed by atoms with Gasteiger partial charge in [0.15, 0.2) is 0 Å². The highest BCUT2D eigenvalue weighted by atomic mass is 16.2. The zero-order valence-corrected chi connectivity index (χ0v) is 17.1. The molecule has 0 atom stereocenters. The number of aryl methyl sites for hydroxylation is 2. The molecule has 0 bridgehead atoms. The van der Waals surface area contributed by atoms with Crippen LogP contribution in [-0.2, 0) is 11.3 Å². The van der Waals surface area contributed by atoms with Gasteiger partial charge in [0.05, 0.1) is 11.3 Å². The van der Waals surface area contributed by atoms with E-state index in [1.165, 1.54) is 5.57 Å². The topological polar surface area (TPSA) is 58.4 Å². The first-order valence-corrected chi connectivity index (χ1v) is 10.1. The highest BCUT2D eigenvalue weighted by Gasteiger charge is 2.45. The number of nitrogens with zero attached hydrogens (tertiary/aromatic N) is 4. The molecule has 1 aromatic heterocycles. The van der Waals surface area contributed by atoms with E-state index in [1.54, 1.807) is 0 Å². The zero-order chi connectivity index (χ0) is 19.6. The molecule has 0 aliphatic carbocycles. The van der Waals surface area contributed by atoms with Gasteiger partial charge in [0.25, 0.3) is 5.91 Å². The Hall–Kier alpha value is -2.11. The zero-order valence-electron chi connectivity index (χ0n) is 17.1. The van der Waals surface area contributed by atoms with Gasteiger partial charge in [-0.1, -0.05) is 18.6 Å². The Kier molecular flexibility index (Phi) is 5.72. The number of likely N-dealkylation sites (tertiary alicyclic amines) is 2. The average molecular weight is 373 g/mol. The molecular weight excluding hydrogens is 340 g/mol. The number of piperidine rings is 1. The molecule has 2 aliphatic heterocycles. The molecule has 3 rings (SSSR count). The molecule has 3 heterocycles. The van der Waals surface area contributed by atoms with Crippen molar-refractivity contribution in [1.82, 2.24) is 19.6 Å². The molecule has 2 fully saturated rings. The van der Waals surface area contributed by atoms with Gasteiger partial charge in [-0.25, -0.2) is 0 Å². The molecule has 2 amide bonds. The van der Waals surface area contributed by atoms with Crippen LogP contribution in [0.15, 0.2) is 17.8 Å². The second-order valence-electron chi connectivity index (χ2n) is 8.42. The standard InChI is InChI=1S/C21H32N4O2/c1-5-9-25-14-18(17(4)22-25)20(27)23-11-7-21(8-12-23)13-19(26)24(15-21)10-6-16(2)3/h6,14H,5,7-13,15H2,1-4H3. The largest absolute Gasteiger partial charge is 0.338 e. The molecule has 0 radical (unpaired) electrons. The summed E-state index contributed by atoms with van der Waals surface area (Å²) in [6, 6.07) is 0. The van der Waals surface area contributed by atoms with Crippen LogP contribution in [0, 0.1) is 12.3 Å². The van der Waals surface area contributed by atoms with E-state index in [0.29, 0.717) is 18.5 Å². The molecule has 148 valence electrons. The molecule has 2 aliphatic rings. The van der Waals surface area contributed by atoms with Gasteiger partial charge in [0.1, 0.15) is 0 Å². The van der Waals surface area contributed by atoms with Gasteiger partial charge >= 0.3 is 0 Å². The second-order valence-corrected chi connectivity index (χ2v) is 8.42.